The maximum atomic E-state index is 12.3. The molecule has 2 aromatic carbocycles. The van der Waals surface area contributed by atoms with E-state index >= 15 is 0 Å². The van der Waals surface area contributed by atoms with Gasteiger partial charge in [0.2, 0.25) is 0 Å². The SMILES string of the molecule is C=Cc1ccccc1/C=C/c1cccn1C(=O)Oc1ccccc1. The van der Waals surface area contributed by atoms with Crippen LogP contribution in [0.3, 0.4) is 0 Å². The minimum atomic E-state index is -0.442. The molecular formula is C21H17NO2. The Balaban J connectivity index is 1.81. The second-order valence-corrected chi connectivity index (χ2v) is 5.15. The van der Waals surface area contributed by atoms with Crippen LogP contribution < -0.4 is 4.74 Å². The van der Waals surface area contributed by atoms with Crippen LogP contribution in [0.4, 0.5) is 4.79 Å². The predicted octanol–water partition coefficient (Wildman–Crippen LogP) is 5.35. The number of hydrogen-bond acceptors (Lipinski definition) is 2. The van der Waals surface area contributed by atoms with E-state index in [0.717, 1.165) is 16.8 Å². The quantitative estimate of drug-likeness (QED) is 0.650. The van der Waals surface area contributed by atoms with Crippen molar-refractivity contribution in [2.75, 3.05) is 0 Å². The van der Waals surface area contributed by atoms with E-state index in [9.17, 15) is 4.79 Å². The predicted molar refractivity (Wildman–Crippen MR) is 97.8 cm³/mol. The summed E-state index contributed by atoms with van der Waals surface area (Å²) in [5.74, 6) is 0.517. The minimum absolute atomic E-state index is 0.442. The number of ether oxygens (including phenoxy) is 1. The molecule has 24 heavy (non-hydrogen) atoms. The molecule has 0 bridgehead atoms. The highest BCUT2D eigenvalue weighted by Crippen LogP contribution is 2.16. The molecule has 0 radical (unpaired) electrons. The molecule has 1 aromatic heterocycles. The summed E-state index contributed by atoms with van der Waals surface area (Å²) in [7, 11) is 0. The molecule has 0 aliphatic rings. The Hall–Kier alpha value is -3.33. The molecule has 0 spiro atoms. The fraction of sp³-hybridized carbons (Fsp3) is 0. The number of para-hydroxylation sites is 1. The largest absolute Gasteiger partial charge is 0.423 e. The Morgan fingerprint density at radius 1 is 0.875 bits per heavy atom. The molecular weight excluding hydrogens is 298 g/mol. The van der Waals surface area contributed by atoms with Gasteiger partial charge in [-0.2, -0.15) is 0 Å². The van der Waals surface area contributed by atoms with Gasteiger partial charge in [0.15, 0.2) is 0 Å². The first-order valence-electron chi connectivity index (χ1n) is 7.62. The van der Waals surface area contributed by atoms with Gasteiger partial charge in [-0.05, 0) is 41.5 Å². The van der Waals surface area contributed by atoms with Crippen molar-refractivity contribution < 1.29 is 9.53 Å². The van der Waals surface area contributed by atoms with Gasteiger partial charge in [0.05, 0.1) is 5.69 Å². The smallest absolute Gasteiger partial charge is 0.410 e. The minimum Gasteiger partial charge on any atom is -0.410 e. The molecule has 0 fully saturated rings. The van der Waals surface area contributed by atoms with Gasteiger partial charge in [-0.15, -0.1) is 0 Å². The van der Waals surface area contributed by atoms with Gasteiger partial charge < -0.3 is 4.74 Å². The molecule has 3 rings (SSSR count). The molecule has 0 unspecified atom stereocenters. The van der Waals surface area contributed by atoms with E-state index in [1.54, 1.807) is 18.3 Å². The first kappa shape index (κ1) is 15.6. The summed E-state index contributed by atoms with van der Waals surface area (Å²) in [6, 6.07) is 20.6. The zero-order valence-corrected chi connectivity index (χ0v) is 13.1. The van der Waals surface area contributed by atoms with Crippen LogP contribution in [0, 0.1) is 0 Å². The van der Waals surface area contributed by atoms with Crippen molar-refractivity contribution in [2.45, 2.75) is 0 Å². The monoisotopic (exact) mass is 315 g/mol. The fourth-order valence-corrected chi connectivity index (χ4v) is 2.36. The zero-order valence-electron chi connectivity index (χ0n) is 13.1. The molecule has 3 heteroatoms. The van der Waals surface area contributed by atoms with Gasteiger partial charge in [-0.1, -0.05) is 61.2 Å². The van der Waals surface area contributed by atoms with Crippen LogP contribution >= 0.6 is 0 Å². The first-order valence-corrected chi connectivity index (χ1v) is 7.62. The lowest BCUT2D eigenvalue weighted by Crippen LogP contribution is -2.16. The number of rotatable bonds is 4. The topological polar surface area (TPSA) is 31.2 Å². The summed E-state index contributed by atoms with van der Waals surface area (Å²) in [5, 5.41) is 0. The van der Waals surface area contributed by atoms with Crippen LogP contribution in [-0.2, 0) is 0 Å². The van der Waals surface area contributed by atoms with Crippen molar-refractivity contribution in [2.24, 2.45) is 0 Å². The van der Waals surface area contributed by atoms with E-state index in [1.807, 2.05) is 72.8 Å². The van der Waals surface area contributed by atoms with Crippen molar-refractivity contribution >= 4 is 24.3 Å². The summed E-state index contributed by atoms with van der Waals surface area (Å²) >= 11 is 0. The average Bonchev–Trinajstić information content (AvgIpc) is 3.10. The van der Waals surface area contributed by atoms with E-state index < -0.39 is 6.09 Å². The van der Waals surface area contributed by atoms with Crippen molar-refractivity contribution in [1.82, 2.24) is 4.57 Å². The summed E-state index contributed by atoms with van der Waals surface area (Å²) < 4.78 is 6.84. The van der Waals surface area contributed by atoms with Crippen LogP contribution in [0.25, 0.3) is 18.2 Å². The molecule has 0 N–H and O–H groups in total. The van der Waals surface area contributed by atoms with Crippen LogP contribution in [0.2, 0.25) is 0 Å². The molecule has 0 aliphatic carbocycles. The van der Waals surface area contributed by atoms with Crippen LogP contribution in [0.5, 0.6) is 5.75 Å². The number of carbonyl (C=O) groups excluding carboxylic acids is 1. The third-order valence-electron chi connectivity index (χ3n) is 3.57. The van der Waals surface area contributed by atoms with E-state index in [0.29, 0.717) is 5.75 Å². The Morgan fingerprint density at radius 3 is 2.33 bits per heavy atom. The normalized spacial score (nSPS) is 10.7. The standard InChI is InChI=1S/C21H17NO2/c1-2-17-9-6-7-10-18(17)14-15-19-11-8-16-22(19)21(23)24-20-12-4-3-5-13-20/h2-16H,1H2/b15-14+. The lowest BCUT2D eigenvalue weighted by atomic mass is 10.1. The maximum Gasteiger partial charge on any atom is 0.423 e. The number of nitrogens with zero attached hydrogens (tertiary/aromatic N) is 1. The van der Waals surface area contributed by atoms with Crippen molar-refractivity contribution in [3.05, 3.63) is 96.3 Å². The van der Waals surface area contributed by atoms with Gasteiger partial charge in [0, 0.05) is 6.20 Å². The van der Waals surface area contributed by atoms with Crippen molar-refractivity contribution in [3.8, 4) is 5.75 Å². The van der Waals surface area contributed by atoms with Gasteiger partial charge in [-0.25, -0.2) is 4.79 Å². The molecule has 0 aliphatic heterocycles. The Morgan fingerprint density at radius 2 is 1.58 bits per heavy atom. The second kappa shape index (κ2) is 7.29. The van der Waals surface area contributed by atoms with Crippen LogP contribution in [-0.4, -0.2) is 10.7 Å². The fourth-order valence-electron chi connectivity index (χ4n) is 2.36. The number of aromatic nitrogens is 1. The maximum absolute atomic E-state index is 12.3. The lowest BCUT2D eigenvalue weighted by molar-refractivity contribution is 0.202. The second-order valence-electron chi connectivity index (χ2n) is 5.15. The molecule has 3 nitrogen and oxygen atoms in total. The molecule has 118 valence electrons. The van der Waals surface area contributed by atoms with Gasteiger partial charge in [-0.3, -0.25) is 4.57 Å². The highest BCUT2D eigenvalue weighted by molar-refractivity contribution is 5.80. The molecule has 1 heterocycles. The highest BCUT2D eigenvalue weighted by Gasteiger charge is 2.09. The molecule has 0 amide bonds. The molecule has 0 saturated carbocycles. The number of hydrogen-bond donors (Lipinski definition) is 0. The summed E-state index contributed by atoms with van der Waals surface area (Å²) in [6.45, 7) is 3.82. The Bertz CT molecular complexity index is 876. The third-order valence-corrected chi connectivity index (χ3v) is 3.57. The Labute approximate surface area is 141 Å². The van der Waals surface area contributed by atoms with Crippen molar-refractivity contribution in [3.63, 3.8) is 0 Å². The molecule has 0 saturated heterocycles. The zero-order chi connectivity index (χ0) is 16.8. The van der Waals surface area contributed by atoms with E-state index in [-0.39, 0.29) is 0 Å². The first-order chi connectivity index (χ1) is 11.8. The van der Waals surface area contributed by atoms with Crippen LogP contribution in [0.15, 0.2) is 79.5 Å². The van der Waals surface area contributed by atoms with Gasteiger partial charge in [0.1, 0.15) is 5.75 Å². The Kier molecular flexibility index (Phi) is 4.73. The highest BCUT2D eigenvalue weighted by atomic mass is 16.6. The lowest BCUT2D eigenvalue weighted by Gasteiger charge is -2.06. The summed E-state index contributed by atoms with van der Waals surface area (Å²) in [6.07, 6.45) is 6.89. The van der Waals surface area contributed by atoms with Crippen molar-refractivity contribution in [1.29, 1.82) is 0 Å². The summed E-state index contributed by atoms with van der Waals surface area (Å²) in [5.41, 5.74) is 2.82. The molecule has 0 atom stereocenters. The third kappa shape index (κ3) is 3.52. The summed E-state index contributed by atoms with van der Waals surface area (Å²) in [4.78, 5) is 12.3. The average molecular weight is 315 g/mol. The van der Waals surface area contributed by atoms with Crippen LogP contribution in [0.1, 0.15) is 16.8 Å². The molecule has 3 aromatic rings. The van der Waals surface area contributed by atoms with E-state index in [1.165, 1.54) is 4.57 Å². The van der Waals surface area contributed by atoms with E-state index in [4.69, 9.17) is 4.74 Å². The van der Waals surface area contributed by atoms with Gasteiger partial charge in [0.25, 0.3) is 0 Å². The number of benzene rings is 2. The van der Waals surface area contributed by atoms with Gasteiger partial charge >= 0.3 is 6.09 Å². The number of carbonyl (C=O) groups is 1. The van der Waals surface area contributed by atoms with E-state index in [2.05, 4.69) is 6.58 Å².